The molecule has 0 unspecified atom stereocenters. The molecule has 0 radical (unpaired) electrons. The maximum atomic E-state index is 5.91. The Kier molecular flexibility index (Phi) is 4.99. The lowest BCUT2D eigenvalue weighted by molar-refractivity contribution is 0.862. The van der Waals surface area contributed by atoms with Gasteiger partial charge in [0.1, 0.15) is 0 Å². The molecule has 0 aliphatic carbocycles. The van der Waals surface area contributed by atoms with E-state index in [4.69, 9.17) is 11.6 Å². The maximum absolute atomic E-state index is 5.91. The lowest BCUT2D eigenvalue weighted by atomic mass is 10.2. The second kappa shape index (κ2) is 6.95. The number of nitrogens with zero attached hydrogens (tertiary/aromatic N) is 2. The van der Waals surface area contributed by atoms with E-state index in [0.29, 0.717) is 0 Å². The fourth-order valence-corrected chi connectivity index (χ4v) is 1.97. The van der Waals surface area contributed by atoms with Crippen LogP contribution in [0, 0.1) is 0 Å². The molecular weight excluding hydrogens is 256 g/mol. The van der Waals surface area contributed by atoms with Gasteiger partial charge < -0.3 is 4.90 Å². The Morgan fingerprint density at radius 3 is 2.63 bits per heavy atom. The highest BCUT2D eigenvalue weighted by Gasteiger charge is 2.05. The van der Waals surface area contributed by atoms with Crippen molar-refractivity contribution in [3.8, 4) is 0 Å². The summed E-state index contributed by atoms with van der Waals surface area (Å²) < 4.78 is 0. The van der Waals surface area contributed by atoms with Gasteiger partial charge in [0, 0.05) is 24.3 Å². The molecule has 2 rings (SSSR count). The molecule has 2 nitrogen and oxygen atoms in total. The van der Waals surface area contributed by atoms with E-state index in [0.717, 1.165) is 23.8 Å². The van der Waals surface area contributed by atoms with Gasteiger partial charge in [-0.25, -0.2) is 0 Å². The fraction of sp³-hybridized carbons (Fsp3) is 0.188. The molecule has 0 N–H and O–H groups in total. The average molecular weight is 273 g/mol. The molecule has 0 aliphatic heterocycles. The van der Waals surface area contributed by atoms with Crippen LogP contribution < -0.4 is 4.90 Å². The molecule has 1 aromatic heterocycles. The van der Waals surface area contributed by atoms with Gasteiger partial charge in [-0.05, 0) is 36.8 Å². The molecule has 0 aliphatic rings. The highest BCUT2D eigenvalue weighted by Crippen LogP contribution is 2.17. The predicted molar refractivity (Wildman–Crippen MR) is 81.6 cm³/mol. The smallest absolute Gasteiger partial charge is 0.0558 e. The summed E-state index contributed by atoms with van der Waals surface area (Å²) in [6.07, 6.45) is 7.88. The van der Waals surface area contributed by atoms with Gasteiger partial charge in [-0.15, -0.1) is 0 Å². The van der Waals surface area contributed by atoms with Crippen molar-refractivity contribution < 1.29 is 0 Å². The molecular formula is C16H17ClN2. The second-order valence-electron chi connectivity index (χ2n) is 4.29. The third-order valence-electron chi connectivity index (χ3n) is 2.86. The van der Waals surface area contributed by atoms with Crippen molar-refractivity contribution >= 4 is 17.3 Å². The van der Waals surface area contributed by atoms with Crippen LogP contribution in [-0.4, -0.2) is 11.5 Å². The molecule has 19 heavy (non-hydrogen) atoms. The Balaban J connectivity index is 2.16. The quantitative estimate of drug-likeness (QED) is 0.754. The minimum absolute atomic E-state index is 0.769. The summed E-state index contributed by atoms with van der Waals surface area (Å²) in [6, 6.07) is 12.0. The normalized spacial score (nSPS) is 10.8. The molecule has 1 heterocycles. The number of allylic oxidation sites excluding steroid dienone is 1. The summed E-state index contributed by atoms with van der Waals surface area (Å²) >= 11 is 5.91. The van der Waals surface area contributed by atoms with Crippen LogP contribution in [-0.2, 0) is 6.54 Å². The number of hydrogen-bond donors (Lipinski definition) is 0. The van der Waals surface area contributed by atoms with Crippen molar-refractivity contribution in [1.82, 2.24) is 4.98 Å². The first-order valence-electron chi connectivity index (χ1n) is 6.30. The molecule has 2 aromatic rings. The monoisotopic (exact) mass is 272 g/mol. The Bertz CT molecular complexity index is 520. The molecule has 0 saturated heterocycles. The van der Waals surface area contributed by atoms with Gasteiger partial charge >= 0.3 is 0 Å². The number of rotatable bonds is 5. The molecule has 0 amide bonds. The van der Waals surface area contributed by atoms with Crippen LogP contribution in [0.25, 0.3) is 0 Å². The van der Waals surface area contributed by atoms with Crippen LogP contribution in [0.1, 0.15) is 12.5 Å². The van der Waals surface area contributed by atoms with E-state index >= 15 is 0 Å². The summed E-state index contributed by atoms with van der Waals surface area (Å²) in [6.45, 7) is 3.74. The van der Waals surface area contributed by atoms with Crippen molar-refractivity contribution in [1.29, 1.82) is 0 Å². The number of benzene rings is 1. The lowest BCUT2D eigenvalue weighted by Crippen LogP contribution is -2.22. The molecule has 0 fully saturated rings. The number of hydrogen-bond acceptors (Lipinski definition) is 2. The van der Waals surface area contributed by atoms with Gasteiger partial charge in [0.05, 0.1) is 11.9 Å². The zero-order chi connectivity index (χ0) is 13.5. The van der Waals surface area contributed by atoms with Crippen molar-refractivity contribution in [2.45, 2.75) is 13.5 Å². The first-order valence-corrected chi connectivity index (χ1v) is 6.68. The Morgan fingerprint density at radius 1 is 1.21 bits per heavy atom. The van der Waals surface area contributed by atoms with Crippen LogP contribution >= 0.6 is 11.6 Å². The third-order valence-corrected chi connectivity index (χ3v) is 3.11. The molecule has 0 spiro atoms. The summed E-state index contributed by atoms with van der Waals surface area (Å²) in [7, 11) is 0. The fourth-order valence-electron chi connectivity index (χ4n) is 1.84. The number of anilines is 1. The van der Waals surface area contributed by atoms with Gasteiger partial charge in [0.15, 0.2) is 0 Å². The summed E-state index contributed by atoms with van der Waals surface area (Å²) in [5.41, 5.74) is 2.35. The van der Waals surface area contributed by atoms with Gasteiger partial charge in [-0.3, -0.25) is 4.98 Å². The van der Waals surface area contributed by atoms with Crippen LogP contribution in [0.2, 0.25) is 5.02 Å². The van der Waals surface area contributed by atoms with E-state index in [1.165, 1.54) is 5.56 Å². The molecule has 0 bridgehead atoms. The standard InChI is InChI=1S/C16H17ClN2/c1-2-3-11-19(16-5-4-10-18-12-16)13-14-6-8-15(17)9-7-14/h2-10,12H,11,13H2,1H3. The SMILES string of the molecule is CC=CCN(Cc1ccc(Cl)cc1)c1cccnc1. The van der Waals surface area contributed by atoms with Crippen LogP contribution in [0.3, 0.4) is 0 Å². The number of halogens is 1. The number of aromatic nitrogens is 1. The van der Waals surface area contributed by atoms with E-state index in [9.17, 15) is 0 Å². The van der Waals surface area contributed by atoms with E-state index in [2.05, 4.69) is 40.2 Å². The minimum atomic E-state index is 0.769. The van der Waals surface area contributed by atoms with Crippen LogP contribution in [0.5, 0.6) is 0 Å². The molecule has 3 heteroatoms. The van der Waals surface area contributed by atoms with Gasteiger partial charge in [-0.1, -0.05) is 35.9 Å². The Hall–Kier alpha value is -1.80. The topological polar surface area (TPSA) is 16.1 Å². The zero-order valence-electron chi connectivity index (χ0n) is 11.0. The van der Waals surface area contributed by atoms with Crippen molar-refractivity contribution in [3.05, 3.63) is 71.5 Å². The first-order chi connectivity index (χ1) is 9.29. The van der Waals surface area contributed by atoms with Crippen molar-refractivity contribution in [3.63, 3.8) is 0 Å². The third kappa shape index (κ3) is 4.11. The van der Waals surface area contributed by atoms with Gasteiger partial charge in [0.2, 0.25) is 0 Å². The predicted octanol–water partition coefficient (Wildman–Crippen LogP) is 4.32. The molecule has 0 atom stereocenters. The number of pyridine rings is 1. The van der Waals surface area contributed by atoms with Crippen molar-refractivity contribution in [2.24, 2.45) is 0 Å². The van der Waals surface area contributed by atoms with E-state index in [-0.39, 0.29) is 0 Å². The van der Waals surface area contributed by atoms with Crippen LogP contribution in [0.4, 0.5) is 5.69 Å². The first kappa shape index (κ1) is 13.6. The van der Waals surface area contributed by atoms with E-state index < -0.39 is 0 Å². The van der Waals surface area contributed by atoms with Crippen molar-refractivity contribution in [2.75, 3.05) is 11.4 Å². The van der Waals surface area contributed by atoms with Gasteiger partial charge in [0.25, 0.3) is 0 Å². The highest BCUT2D eigenvalue weighted by atomic mass is 35.5. The Labute approximate surface area is 119 Å². The maximum Gasteiger partial charge on any atom is 0.0558 e. The molecule has 98 valence electrons. The highest BCUT2D eigenvalue weighted by molar-refractivity contribution is 6.30. The summed E-state index contributed by atoms with van der Waals surface area (Å²) in [4.78, 5) is 6.46. The minimum Gasteiger partial charge on any atom is -0.362 e. The van der Waals surface area contributed by atoms with Crippen LogP contribution in [0.15, 0.2) is 60.9 Å². The van der Waals surface area contributed by atoms with E-state index in [1.807, 2.05) is 31.3 Å². The average Bonchev–Trinajstić information content (AvgIpc) is 2.46. The largest absolute Gasteiger partial charge is 0.362 e. The Morgan fingerprint density at radius 2 is 2.00 bits per heavy atom. The molecule has 0 saturated carbocycles. The summed E-state index contributed by atoms with van der Waals surface area (Å²) in [5.74, 6) is 0. The van der Waals surface area contributed by atoms with E-state index in [1.54, 1.807) is 6.20 Å². The summed E-state index contributed by atoms with van der Waals surface area (Å²) in [5, 5.41) is 0.769. The van der Waals surface area contributed by atoms with Gasteiger partial charge in [-0.2, -0.15) is 0 Å². The second-order valence-corrected chi connectivity index (χ2v) is 4.72. The molecule has 1 aromatic carbocycles. The zero-order valence-corrected chi connectivity index (χ0v) is 11.7. The lowest BCUT2D eigenvalue weighted by Gasteiger charge is -2.23.